The lowest BCUT2D eigenvalue weighted by molar-refractivity contribution is 0.246. The number of amides is 2. The molecule has 3 rings (SSSR count). The fourth-order valence-corrected chi connectivity index (χ4v) is 4.26. The van der Waals surface area contributed by atoms with Gasteiger partial charge in [-0.2, -0.15) is 0 Å². The topological polar surface area (TPSA) is 35.6 Å². The minimum atomic E-state index is 0.0194. The minimum Gasteiger partial charge on any atom is -0.338 e. The molecule has 0 saturated heterocycles. The van der Waals surface area contributed by atoms with E-state index in [0.717, 1.165) is 44.6 Å². The first kappa shape index (κ1) is 19.8. The Morgan fingerprint density at radius 3 is 2.67 bits per heavy atom. The highest BCUT2D eigenvalue weighted by Gasteiger charge is 2.24. The molecular weight excluding hydrogens is 354 g/mol. The zero-order chi connectivity index (χ0) is 19.1. The van der Waals surface area contributed by atoms with E-state index in [2.05, 4.69) is 65.9 Å². The molecule has 2 amide bonds. The summed E-state index contributed by atoms with van der Waals surface area (Å²) in [5.41, 5.74) is 3.64. The van der Waals surface area contributed by atoms with E-state index in [1.807, 2.05) is 11.0 Å². The molecule has 0 radical (unpaired) electrons. The van der Waals surface area contributed by atoms with Gasteiger partial charge in [0.05, 0.1) is 0 Å². The Kier molecular flexibility index (Phi) is 7.18. The molecule has 1 aliphatic heterocycles. The van der Waals surface area contributed by atoms with Crippen molar-refractivity contribution in [1.82, 2.24) is 9.62 Å². The lowest BCUT2D eigenvalue weighted by Gasteiger charge is -2.19. The lowest BCUT2D eigenvalue weighted by atomic mass is 10.1. The van der Waals surface area contributed by atoms with E-state index in [4.69, 9.17) is 0 Å². The summed E-state index contributed by atoms with van der Waals surface area (Å²) >= 11 is 1.79. The summed E-state index contributed by atoms with van der Waals surface area (Å²) in [5.74, 6) is 0. The number of nitrogens with zero attached hydrogens (tertiary/aromatic N) is 2. The minimum absolute atomic E-state index is 0.0194. The van der Waals surface area contributed by atoms with E-state index in [9.17, 15) is 4.79 Å². The van der Waals surface area contributed by atoms with Crippen LogP contribution in [-0.4, -0.2) is 36.5 Å². The van der Waals surface area contributed by atoms with E-state index in [1.165, 1.54) is 16.0 Å². The van der Waals surface area contributed by atoms with Crippen LogP contribution in [0.5, 0.6) is 0 Å². The van der Waals surface area contributed by atoms with Crippen molar-refractivity contribution in [2.75, 3.05) is 31.1 Å². The van der Waals surface area contributed by atoms with Gasteiger partial charge in [0.25, 0.3) is 0 Å². The van der Waals surface area contributed by atoms with Gasteiger partial charge in [-0.05, 0) is 60.5 Å². The second-order valence-corrected chi connectivity index (χ2v) is 7.89. The average Bonchev–Trinajstić information content (AvgIpc) is 3.13. The van der Waals surface area contributed by atoms with Crippen LogP contribution in [0.1, 0.15) is 31.4 Å². The lowest BCUT2D eigenvalue weighted by Crippen LogP contribution is -2.39. The molecule has 4 nitrogen and oxygen atoms in total. The molecule has 0 unspecified atom stereocenters. The van der Waals surface area contributed by atoms with Crippen LogP contribution in [0.25, 0.3) is 0 Å². The van der Waals surface area contributed by atoms with Crippen LogP contribution in [0, 0.1) is 0 Å². The number of hydrogen-bond donors (Lipinski definition) is 1. The molecule has 1 heterocycles. The molecule has 0 aromatic heterocycles. The second-order valence-electron chi connectivity index (χ2n) is 6.72. The third-order valence-corrected chi connectivity index (χ3v) is 6.13. The molecule has 5 heteroatoms. The Hall–Kier alpha value is -1.98. The molecule has 27 heavy (non-hydrogen) atoms. The Balaban J connectivity index is 1.51. The molecule has 0 bridgehead atoms. The first-order valence-corrected chi connectivity index (χ1v) is 10.6. The van der Waals surface area contributed by atoms with Crippen molar-refractivity contribution in [2.45, 2.75) is 38.0 Å². The summed E-state index contributed by atoms with van der Waals surface area (Å²) in [6.45, 7) is 7.86. The van der Waals surface area contributed by atoms with Crippen molar-refractivity contribution in [1.29, 1.82) is 0 Å². The second kappa shape index (κ2) is 9.81. The number of nitrogens with one attached hydrogen (secondary N) is 1. The van der Waals surface area contributed by atoms with Crippen molar-refractivity contribution in [3.8, 4) is 0 Å². The van der Waals surface area contributed by atoms with Gasteiger partial charge in [0.2, 0.25) is 0 Å². The van der Waals surface area contributed by atoms with Crippen molar-refractivity contribution < 1.29 is 4.79 Å². The fourth-order valence-electron chi connectivity index (χ4n) is 3.38. The normalized spacial score (nSPS) is 13.1. The monoisotopic (exact) mass is 383 g/mol. The van der Waals surface area contributed by atoms with Gasteiger partial charge in [0.15, 0.2) is 0 Å². The molecule has 0 aliphatic carbocycles. The molecule has 0 fully saturated rings. The van der Waals surface area contributed by atoms with Gasteiger partial charge in [0.1, 0.15) is 0 Å². The standard InChI is InChI=1S/C22H29N3OS/c1-3-24(4-2)27-20-12-13-21-19(17-20)14-16-25(21)22(26)23-15-8-11-18-9-6-5-7-10-18/h5-7,9-10,12-13,17H,3-4,8,11,14-16H2,1-2H3,(H,23,26). The predicted molar refractivity (Wildman–Crippen MR) is 114 cm³/mol. The molecule has 144 valence electrons. The quantitative estimate of drug-likeness (QED) is 0.528. The molecule has 1 aliphatic rings. The number of rotatable bonds is 8. The molecule has 1 N–H and O–H groups in total. The van der Waals surface area contributed by atoms with Crippen LogP contribution in [0.3, 0.4) is 0 Å². The number of fused-ring (bicyclic) bond motifs is 1. The Morgan fingerprint density at radius 1 is 1.15 bits per heavy atom. The highest BCUT2D eigenvalue weighted by atomic mass is 32.2. The highest BCUT2D eigenvalue weighted by Crippen LogP contribution is 2.33. The first-order valence-electron chi connectivity index (χ1n) is 9.86. The molecule has 0 atom stereocenters. The third kappa shape index (κ3) is 5.27. The van der Waals surface area contributed by atoms with Gasteiger partial charge in [-0.3, -0.25) is 4.90 Å². The molecular formula is C22H29N3OS. The fraction of sp³-hybridized carbons (Fsp3) is 0.409. The van der Waals surface area contributed by atoms with Crippen LogP contribution in [0.15, 0.2) is 53.4 Å². The zero-order valence-electron chi connectivity index (χ0n) is 16.3. The van der Waals surface area contributed by atoms with Gasteiger partial charge in [-0.25, -0.2) is 9.10 Å². The molecule has 2 aromatic carbocycles. The van der Waals surface area contributed by atoms with Gasteiger partial charge in [-0.15, -0.1) is 0 Å². The average molecular weight is 384 g/mol. The number of aryl methyl sites for hydroxylation is 1. The van der Waals surface area contributed by atoms with Crippen molar-refractivity contribution in [3.05, 3.63) is 59.7 Å². The summed E-state index contributed by atoms with van der Waals surface area (Å²) in [6, 6.07) is 16.9. The van der Waals surface area contributed by atoms with Gasteiger partial charge in [-0.1, -0.05) is 44.2 Å². The van der Waals surface area contributed by atoms with Crippen molar-refractivity contribution in [3.63, 3.8) is 0 Å². The number of hydrogen-bond acceptors (Lipinski definition) is 3. The van der Waals surface area contributed by atoms with Crippen LogP contribution >= 0.6 is 11.9 Å². The Bertz CT molecular complexity index is 746. The number of carbonyl (C=O) groups is 1. The largest absolute Gasteiger partial charge is 0.338 e. The van der Waals surface area contributed by atoms with E-state index in [-0.39, 0.29) is 6.03 Å². The predicted octanol–water partition coefficient (Wildman–Crippen LogP) is 4.74. The molecule has 2 aromatic rings. The molecule has 0 saturated carbocycles. The van der Waals surface area contributed by atoms with Gasteiger partial charge >= 0.3 is 6.03 Å². The zero-order valence-corrected chi connectivity index (χ0v) is 17.1. The van der Waals surface area contributed by atoms with Gasteiger partial charge in [0, 0.05) is 36.8 Å². The Labute approximate surface area is 167 Å². The Morgan fingerprint density at radius 2 is 1.93 bits per heavy atom. The number of carbonyl (C=O) groups excluding carboxylic acids is 1. The first-order chi connectivity index (χ1) is 13.2. The van der Waals surface area contributed by atoms with Crippen molar-refractivity contribution >= 4 is 23.7 Å². The van der Waals surface area contributed by atoms with Gasteiger partial charge < -0.3 is 5.32 Å². The SMILES string of the molecule is CCN(CC)Sc1ccc2c(c1)CCN2C(=O)NCCCc1ccccc1. The summed E-state index contributed by atoms with van der Waals surface area (Å²) < 4.78 is 2.33. The van der Waals surface area contributed by atoms with E-state index in [1.54, 1.807) is 11.9 Å². The summed E-state index contributed by atoms with van der Waals surface area (Å²) in [7, 11) is 0. The van der Waals surface area contributed by atoms with Crippen molar-refractivity contribution in [2.24, 2.45) is 0 Å². The maximum Gasteiger partial charge on any atom is 0.321 e. The summed E-state index contributed by atoms with van der Waals surface area (Å²) in [5, 5.41) is 3.07. The summed E-state index contributed by atoms with van der Waals surface area (Å²) in [6.07, 6.45) is 2.87. The number of benzene rings is 2. The summed E-state index contributed by atoms with van der Waals surface area (Å²) in [4.78, 5) is 15.7. The van der Waals surface area contributed by atoms with E-state index < -0.39 is 0 Å². The van der Waals surface area contributed by atoms with Crippen LogP contribution in [0.4, 0.5) is 10.5 Å². The maximum atomic E-state index is 12.6. The smallest absolute Gasteiger partial charge is 0.321 e. The molecule has 0 spiro atoms. The maximum absolute atomic E-state index is 12.6. The van der Waals surface area contributed by atoms with Crippen LogP contribution < -0.4 is 10.2 Å². The number of urea groups is 1. The van der Waals surface area contributed by atoms with Crippen LogP contribution in [0.2, 0.25) is 0 Å². The van der Waals surface area contributed by atoms with E-state index in [0.29, 0.717) is 6.54 Å². The third-order valence-electron chi connectivity index (χ3n) is 4.89. The van der Waals surface area contributed by atoms with E-state index >= 15 is 0 Å². The number of anilines is 1. The highest BCUT2D eigenvalue weighted by molar-refractivity contribution is 7.97. The van der Waals surface area contributed by atoms with Crippen LogP contribution in [-0.2, 0) is 12.8 Å².